The lowest BCUT2D eigenvalue weighted by atomic mass is 10.3. The van der Waals surface area contributed by atoms with Crippen molar-refractivity contribution in [2.45, 2.75) is 0 Å². The molecule has 1 aromatic carbocycles. The first-order valence-electron chi connectivity index (χ1n) is 2.63. The molecule has 0 atom stereocenters. The lowest BCUT2D eigenvalue weighted by Gasteiger charge is -1.96. The summed E-state index contributed by atoms with van der Waals surface area (Å²) in [5.41, 5.74) is 0.957. The number of hydrogen-bond donors (Lipinski definition) is 2. The largest absolute Gasteiger partial charge is 0.414 e. The van der Waals surface area contributed by atoms with E-state index in [2.05, 4.69) is 4.98 Å². The Morgan fingerprint density at radius 2 is 1.89 bits per heavy atom. The molecule has 0 fully saturated rings. The van der Waals surface area contributed by atoms with Crippen molar-refractivity contribution in [3.8, 4) is 0 Å². The van der Waals surface area contributed by atoms with E-state index in [9.17, 15) is 0 Å². The predicted octanol–water partition coefficient (Wildman–Crippen LogP) is 0.625. The molecule has 0 unspecified atom stereocenters. The van der Waals surface area contributed by atoms with Crippen molar-refractivity contribution in [3.05, 3.63) is 30.3 Å². The highest BCUT2D eigenvalue weighted by molar-refractivity contribution is 6.30. The molecule has 2 radical (unpaired) electrons. The van der Waals surface area contributed by atoms with Crippen LogP contribution in [0, 0.1) is 0 Å². The maximum absolute atomic E-state index is 8.44. The minimum atomic E-state index is -0.215. The summed E-state index contributed by atoms with van der Waals surface area (Å²) in [6.07, 6.45) is 0. The smallest absolute Gasteiger partial charge is 0.376 e. The lowest BCUT2D eigenvalue weighted by Crippen LogP contribution is -2.03. The van der Waals surface area contributed by atoms with Crippen molar-refractivity contribution in [1.82, 2.24) is 0 Å². The van der Waals surface area contributed by atoms with Crippen LogP contribution < -0.4 is 4.98 Å². The quantitative estimate of drug-likeness (QED) is 0.586. The van der Waals surface area contributed by atoms with E-state index in [4.69, 9.17) is 4.80 Å². The van der Waals surface area contributed by atoms with Gasteiger partial charge >= 0.3 is 9.92 Å². The fraction of sp³-hybridized carbons (Fsp3) is 0. The van der Waals surface area contributed by atoms with E-state index in [0.29, 0.717) is 0 Å². The van der Waals surface area contributed by atoms with E-state index in [1.807, 2.05) is 30.3 Å². The number of hydrogen-bond acceptors (Lipinski definition) is 2. The summed E-state index contributed by atoms with van der Waals surface area (Å²) < 4.78 is 0. The number of anilines is 1. The van der Waals surface area contributed by atoms with Crippen LogP contribution in [0.5, 0.6) is 0 Å². The average molecular weight is 137 g/mol. The molecule has 3 heteroatoms. The molecule has 1 rings (SSSR count). The fourth-order valence-electron chi connectivity index (χ4n) is 0.586. The molecule has 2 N–H and O–H groups in total. The fourth-order valence-corrected chi connectivity index (χ4v) is 0.882. The second-order valence-corrected chi connectivity index (χ2v) is 2.08. The summed E-state index contributed by atoms with van der Waals surface area (Å²) in [6, 6.07) is 9.59. The maximum Gasteiger partial charge on any atom is 0.376 e. The minimum absolute atomic E-state index is 0.215. The first-order chi connectivity index (χ1) is 4.43. The Hall–Kier alpha value is -0.803. The van der Waals surface area contributed by atoms with Gasteiger partial charge in [0.2, 0.25) is 0 Å². The van der Waals surface area contributed by atoms with Gasteiger partial charge in [0.1, 0.15) is 0 Å². The molecule has 0 heterocycles. The van der Waals surface area contributed by atoms with Gasteiger partial charge in [-0.2, -0.15) is 0 Å². The van der Waals surface area contributed by atoms with Gasteiger partial charge in [0, 0.05) is 5.69 Å². The van der Waals surface area contributed by atoms with E-state index < -0.39 is 0 Å². The van der Waals surface area contributed by atoms with Crippen molar-refractivity contribution in [2.75, 3.05) is 4.98 Å². The van der Waals surface area contributed by atoms with E-state index >= 15 is 0 Å². The van der Waals surface area contributed by atoms with Crippen LogP contribution in [-0.2, 0) is 0 Å². The molecule has 46 valence electrons. The monoisotopic (exact) mass is 137 g/mol. The van der Waals surface area contributed by atoms with E-state index in [-0.39, 0.29) is 9.92 Å². The highest BCUT2D eigenvalue weighted by Gasteiger charge is 1.84. The first-order valence-corrected chi connectivity index (χ1v) is 3.58. The highest BCUT2D eigenvalue weighted by Crippen LogP contribution is 2.02. The van der Waals surface area contributed by atoms with Gasteiger partial charge < -0.3 is 9.78 Å². The minimum Gasteiger partial charge on any atom is -0.414 e. The molecule has 0 bridgehead atoms. The van der Waals surface area contributed by atoms with Gasteiger partial charge in [-0.3, -0.25) is 0 Å². The second kappa shape index (κ2) is 3.27. The summed E-state index contributed by atoms with van der Waals surface area (Å²) in [5, 5.41) is 0. The average Bonchev–Trinajstić information content (AvgIpc) is 1.91. The van der Waals surface area contributed by atoms with E-state index in [0.717, 1.165) is 5.69 Å². The Morgan fingerprint density at radius 1 is 1.22 bits per heavy atom. The molecule has 0 saturated heterocycles. The molecule has 0 aromatic heterocycles. The van der Waals surface area contributed by atoms with Gasteiger partial charge in [0.25, 0.3) is 0 Å². The second-order valence-electron chi connectivity index (χ2n) is 1.60. The van der Waals surface area contributed by atoms with Crippen LogP contribution in [0.1, 0.15) is 0 Å². The van der Waals surface area contributed by atoms with Crippen LogP contribution in [0.4, 0.5) is 5.69 Å². The Kier molecular flexibility index (Phi) is 2.29. The molecular formula is C6H7NOSi. The standard InChI is InChI=1S/C6H7NOSi/c8-9-7-6-4-2-1-3-5-6/h1-5,7-8H. The molecular weight excluding hydrogens is 130 g/mol. The molecule has 9 heavy (non-hydrogen) atoms. The molecule has 0 amide bonds. The zero-order valence-corrected chi connectivity index (χ0v) is 5.83. The molecule has 0 spiro atoms. The number of rotatable bonds is 2. The number of benzene rings is 1. The third-order valence-corrected chi connectivity index (χ3v) is 1.37. The van der Waals surface area contributed by atoms with Crippen LogP contribution in [0.2, 0.25) is 0 Å². The van der Waals surface area contributed by atoms with Gasteiger partial charge in [-0.05, 0) is 12.1 Å². The van der Waals surface area contributed by atoms with Crippen LogP contribution in [0.25, 0.3) is 0 Å². The maximum atomic E-state index is 8.44. The summed E-state index contributed by atoms with van der Waals surface area (Å²) in [5.74, 6) is 0. The summed E-state index contributed by atoms with van der Waals surface area (Å²) in [6.45, 7) is 0. The predicted molar refractivity (Wildman–Crippen MR) is 38.0 cm³/mol. The first kappa shape index (κ1) is 6.32. The number of nitrogens with one attached hydrogen (secondary N) is 1. The van der Waals surface area contributed by atoms with Crippen molar-refractivity contribution in [3.63, 3.8) is 0 Å². The Balaban J connectivity index is 2.61. The summed E-state index contributed by atoms with van der Waals surface area (Å²) in [7, 11) is -0.215. The SMILES string of the molecule is O[Si]Nc1ccccc1. The Labute approximate surface area is 56.6 Å². The highest BCUT2D eigenvalue weighted by atomic mass is 28.2. The van der Waals surface area contributed by atoms with E-state index in [1.165, 1.54) is 0 Å². The molecule has 0 aliphatic carbocycles. The zero-order chi connectivity index (χ0) is 6.53. The van der Waals surface area contributed by atoms with E-state index in [1.54, 1.807) is 0 Å². The van der Waals surface area contributed by atoms with Gasteiger partial charge in [0.15, 0.2) is 0 Å². The molecule has 1 aromatic rings. The van der Waals surface area contributed by atoms with Gasteiger partial charge in [-0.15, -0.1) is 0 Å². The van der Waals surface area contributed by atoms with Crippen LogP contribution in [0.3, 0.4) is 0 Å². The molecule has 0 saturated carbocycles. The van der Waals surface area contributed by atoms with Crippen LogP contribution >= 0.6 is 0 Å². The van der Waals surface area contributed by atoms with Gasteiger partial charge in [-0.25, -0.2) is 0 Å². The van der Waals surface area contributed by atoms with Gasteiger partial charge in [-0.1, -0.05) is 18.2 Å². The zero-order valence-electron chi connectivity index (χ0n) is 4.83. The van der Waals surface area contributed by atoms with Crippen molar-refractivity contribution >= 4 is 15.6 Å². The van der Waals surface area contributed by atoms with Crippen molar-refractivity contribution < 1.29 is 4.80 Å². The Bertz CT molecular complexity index is 166. The Morgan fingerprint density at radius 3 is 2.44 bits per heavy atom. The van der Waals surface area contributed by atoms with Crippen LogP contribution in [-0.4, -0.2) is 14.7 Å². The third kappa shape index (κ3) is 1.87. The summed E-state index contributed by atoms with van der Waals surface area (Å²) >= 11 is 0. The van der Waals surface area contributed by atoms with Crippen molar-refractivity contribution in [1.29, 1.82) is 0 Å². The lowest BCUT2D eigenvalue weighted by molar-refractivity contribution is 0.609. The molecule has 0 aliphatic rings. The normalized spacial score (nSPS) is 9.00. The number of para-hydroxylation sites is 1. The van der Waals surface area contributed by atoms with Crippen LogP contribution in [0.15, 0.2) is 30.3 Å². The molecule has 0 aliphatic heterocycles. The summed E-state index contributed by atoms with van der Waals surface area (Å²) in [4.78, 5) is 11.2. The molecule has 2 nitrogen and oxygen atoms in total. The van der Waals surface area contributed by atoms with Crippen molar-refractivity contribution in [2.24, 2.45) is 0 Å². The van der Waals surface area contributed by atoms with Gasteiger partial charge in [0.05, 0.1) is 0 Å². The third-order valence-electron chi connectivity index (χ3n) is 0.974. The topological polar surface area (TPSA) is 32.3 Å².